The van der Waals surface area contributed by atoms with Crippen molar-refractivity contribution >= 4 is 41.4 Å². The number of rotatable bonds is 16. The Balaban J connectivity index is 2.99. The summed E-state index contributed by atoms with van der Waals surface area (Å²) in [7, 11) is 0. The number of H-pyrrole nitrogens is 1. The van der Waals surface area contributed by atoms with Crippen LogP contribution < -0.4 is 33.2 Å². The van der Waals surface area contributed by atoms with Gasteiger partial charge in [-0.05, 0) is 38.2 Å². The van der Waals surface area contributed by atoms with Gasteiger partial charge < -0.3 is 43.2 Å². The highest BCUT2D eigenvalue weighted by molar-refractivity contribution is 7.98. The minimum absolute atomic E-state index is 0.0701. The summed E-state index contributed by atoms with van der Waals surface area (Å²) in [5, 5.41) is 16.7. The van der Waals surface area contributed by atoms with Crippen LogP contribution in [0.3, 0.4) is 0 Å². The number of amides is 3. The van der Waals surface area contributed by atoms with Gasteiger partial charge in [0.1, 0.15) is 18.1 Å². The van der Waals surface area contributed by atoms with Crippen LogP contribution in [0.5, 0.6) is 0 Å². The van der Waals surface area contributed by atoms with Crippen LogP contribution in [0, 0.1) is 0 Å². The Labute approximate surface area is 207 Å². The summed E-state index contributed by atoms with van der Waals surface area (Å²) in [4.78, 5) is 60.2. The van der Waals surface area contributed by atoms with Crippen LogP contribution >= 0.6 is 11.8 Å². The molecule has 3 amide bonds. The highest BCUT2D eigenvalue weighted by Crippen LogP contribution is 2.05. The van der Waals surface area contributed by atoms with Crippen molar-refractivity contribution in [2.75, 3.05) is 18.6 Å². The van der Waals surface area contributed by atoms with Crippen molar-refractivity contribution in [1.29, 1.82) is 0 Å². The van der Waals surface area contributed by atoms with E-state index in [0.717, 1.165) is 0 Å². The van der Waals surface area contributed by atoms with E-state index in [-0.39, 0.29) is 25.3 Å². The van der Waals surface area contributed by atoms with E-state index in [2.05, 4.69) is 30.9 Å². The van der Waals surface area contributed by atoms with Gasteiger partial charge in [-0.2, -0.15) is 11.8 Å². The Kier molecular flexibility index (Phi) is 13.2. The first-order valence-corrected chi connectivity index (χ1v) is 12.4. The first-order chi connectivity index (χ1) is 16.5. The molecule has 35 heavy (non-hydrogen) atoms. The van der Waals surface area contributed by atoms with Crippen LogP contribution in [-0.2, 0) is 25.6 Å². The molecule has 0 fully saturated rings. The van der Waals surface area contributed by atoms with E-state index in [1.807, 2.05) is 6.26 Å². The van der Waals surface area contributed by atoms with Gasteiger partial charge in [0.05, 0.1) is 12.4 Å². The summed E-state index contributed by atoms with van der Waals surface area (Å²) in [6.45, 7) is 1.50. The molecule has 4 unspecified atom stereocenters. The maximum atomic E-state index is 13.1. The van der Waals surface area contributed by atoms with Gasteiger partial charge in [0.15, 0.2) is 5.96 Å². The molecule has 0 saturated heterocycles. The molecule has 15 heteroatoms. The lowest BCUT2D eigenvalue weighted by Gasteiger charge is -2.24. The van der Waals surface area contributed by atoms with Crippen LogP contribution in [0.25, 0.3) is 0 Å². The highest BCUT2D eigenvalue weighted by atomic mass is 32.2. The summed E-state index contributed by atoms with van der Waals surface area (Å²) < 4.78 is 0. The van der Waals surface area contributed by atoms with Crippen LogP contribution in [0.4, 0.5) is 0 Å². The monoisotopic (exact) mass is 513 g/mol. The molecule has 11 N–H and O–H groups in total. The molecule has 0 aliphatic heterocycles. The fourth-order valence-corrected chi connectivity index (χ4v) is 3.39. The topological polar surface area (TPSA) is 244 Å². The third kappa shape index (κ3) is 11.6. The van der Waals surface area contributed by atoms with Crippen molar-refractivity contribution in [3.05, 3.63) is 18.2 Å². The van der Waals surface area contributed by atoms with E-state index >= 15 is 0 Å². The second-order valence-electron chi connectivity index (χ2n) is 7.81. The number of aliphatic carboxylic acids is 1. The molecule has 0 aliphatic carbocycles. The first kappa shape index (κ1) is 29.7. The molecule has 1 aromatic rings. The zero-order valence-electron chi connectivity index (χ0n) is 19.8. The molecule has 4 atom stereocenters. The van der Waals surface area contributed by atoms with Gasteiger partial charge in [-0.3, -0.25) is 24.2 Å². The second-order valence-corrected chi connectivity index (χ2v) is 8.79. The van der Waals surface area contributed by atoms with E-state index in [9.17, 15) is 19.2 Å². The predicted octanol–water partition coefficient (Wildman–Crippen LogP) is -2.35. The van der Waals surface area contributed by atoms with Crippen LogP contribution in [-0.4, -0.2) is 87.4 Å². The predicted molar refractivity (Wildman–Crippen MR) is 132 cm³/mol. The lowest BCUT2D eigenvalue weighted by molar-refractivity contribution is -0.141. The molecule has 0 bridgehead atoms. The largest absolute Gasteiger partial charge is 0.480 e. The summed E-state index contributed by atoms with van der Waals surface area (Å²) >= 11 is 1.54. The average molecular weight is 514 g/mol. The number of hydrogen-bond acceptors (Lipinski definition) is 8. The van der Waals surface area contributed by atoms with Crippen LogP contribution in [0.15, 0.2) is 17.5 Å². The minimum atomic E-state index is -1.23. The normalized spacial score (nSPS) is 14.1. The van der Waals surface area contributed by atoms with E-state index in [4.69, 9.17) is 22.3 Å². The average Bonchev–Trinajstić information content (AvgIpc) is 3.31. The number of aromatic nitrogens is 2. The smallest absolute Gasteiger partial charge is 0.325 e. The number of hydrogen-bond donors (Lipinski definition) is 8. The molecular weight excluding hydrogens is 478 g/mol. The molecule has 1 aromatic heterocycles. The molecular formula is C20H35N9O5S. The number of carbonyl (C=O) groups is 4. The van der Waals surface area contributed by atoms with Gasteiger partial charge in [-0.15, -0.1) is 0 Å². The van der Waals surface area contributed by atoms with Crippen molar-refractivity contribution < 1.29 is 24.3 Å². The molecule has 0 aromatic carbocycles. The molecule has 0 radical (unpaired) electrons. The van der Waals surface area contributed by atoms with Gasteiger partial charge in [-0.25, -0.2) is 4.98 Å². The zero-order chi connectivity index (χ0) is 26.4. The van der Waals surface area contributed by atoms with Gasteiger partial charge >= 0.3 is 5.97 Å². The third-order valence-electron chi connectivity index (χ3n) is 4.89. The molecule has 196 valence electrons. The SMILES string of the molecule is CSCCC(N)C(=O)NC(Cc1cnc[nH]1)C(=O)NC(CCCN=C(N)N)C(=O)NC(C)C(=O)O. The van der Waals surface area contributed by atoms with Gasteiger partial charge in [0.25, 0.3) is 0 Å². The third-order valence-corrected chi connectivity index (χ3v) is 5.53. The van der Waals surface area contributed by atoms with Gasteiger partial charge in [0.2, 0.25) is 17.7 Å². The fourth-order valence-electron chi connectivity index (χ4n) is 2.90. The number of nitrogens with two attached hydrogens (primary N) is 3. The summed E-state index contributed by atoms with van der Waals surface area (Å²) in [6.07, 6.45) is 5.78. The number of carboxylic acid groups (broad SMARTS) is 1. The molecule has 14 nitrogen and oxygen atoms in total. The Morgan fingerprint density at radius 1 is 1.11 bits per heavy atom. The standard InChI is InChI=1S/C20H35N9O5S/c1-11(19(33)34)27-17(31)14(4-3-6-25-20(22)23)28-18(32)15(8-12-9-24-10-26-12)29-16(30)13(21)5-7-35-2/h9-11,13-15H,3-8,21H2,1-2H3,(H,24,26)(H,27,31)(H,28,32)(H,29,30)(H,33,34)(H4,22,23,25). The Morgan fingerprint density at radius 2 is 1.77 bits per heavy atom. The first-order valence-electron chi connectivity index (χ1n) is 11.0. The number of guanidine groups is 1. The van der Waals surface area contributed by atoms with Crippen molar-refractivity contribution in [2.45, 2.75) is 56.8 Å². The van der Waals surface area contributed by atoms with E-state index < -0.39 is 47.9 Å². The molecule has 0 spiro atoms. The number of imidazole rings is 1. The quantitative estimate of drug-likeness (QED) is 0.0664. The lowest BCUT2D eigenvalue weighted by Crippen LogP contribution is -2.57. The molecule has 0 aliphatic rings. The number of aromatic amines is 1. The minimum Gasteiger partial charge on any atom is -0.480 e. The Morgan fingerprint density at radius 3 is 2.34 bits per heavy atom. The highest BCUT2D eigenvalue weighted by Gasteiger charge is 2.29. The van der Waals surface area contributed by atoms with Crippen LogP contribution in [0.1, 0.15) is 31.9 Å². The maximum absolute atomic E-state index is 13.1. The van der Waals surface area contributed by atoms with Gasteiger partial charge in [-0.1, -0.05) is 0 Å². The van der Waals surface area contributed by atoms with Crippen molar-refractivity contribution in [3.63, 3.8) is 0 Å². The number of thioether (sulfide) groups is 1. The van der Waals surface area contributed by atoms with E-state index in [1.165, 1.54) is 19.4 Å². The zero-order valence-corrected chi connectivity index (χ0v) is 20.6. The molecule has 1 heterocycles. The summed E-state index contributed by atoms with van der Waals surface area (Å²) in [6, 6.07) is -4.14. The Bertz CT molecular complexity index is 861. The van der Waals surface area contributed by atoms with E-state index in [0.29, 0.717) is 24.3 Å². The number of aliphatic imine (C=N–C) groups is 1. The summed E-state index contributed by atoms with van der Waals surface area (Å²) in [5.74, 6) is -2.52. The fraction of sp³-hybridized carbons (Fsp3) is 0.600. The van der Waals surface area contributed by atoms with Crippen molar-refractivity contribution in [3.8, 4) is 0 Å². The van der Waals surface area contributed by atoms with E-state index in [1.54, 1.807) is 11.8 Å². The maximum Gasteiger partial charge on any atom is 0.325 e. The van der Waals surface area contributed by atoms with Crippen LogP contribution in [0.2, 0.25) is 0 Å². The number of nitrogens with one attached hydrogen (secondary N) is 4. The summed E-state index contributed by atoms with van der Waals surface area (Å²) in [5.41, 5.74) is 17.1. The van der Waals surface area contributed by atoms with Crippen molar-refractivity contribution in [2.24, 2.45) is 22.2 Å². The van der Waals surface area contributed by atoms with Gasteiger partial charge in [0, 0.05) is 24.9 Å². The molecule has 0 saturated carbocycles. The lowest BCUT2D eigenvalue weighted by atomic mass is 10.1. The number of nitrogens with zero attached hydrogens (tertiary/aromatic N) is 2. The molecule has 1 rings (SSSR count). The number of carboxylic acids is 1. The second kappa shape index (κ2) is 15.5. The van der Waals surface area contributed by atoms with Crippen molar-refractivity contribution in [1.82, 2.24) is 25.9 Å². The Hall–Kier alpha value is -3.33. The number of carbonyl (C=O) groups excluding carboxylic acids is 3.